The Hall–Kier alpha value is -2.84. The molecule has 8 nitrogen and oxygen atoms in total. The third-order valence-corrected chi connectivity index (χ3v) is 5.76. The van der Waals surface area contributed by atoms with Crippen LogP contribution in [-0.4, -0.2) is 47.4 Å². The van der Waals surface area contributed by atoms with Gasteiger partial charge in [0, 0.05) is 24.2 Å². The molecule has 0 saturated carbocycles. The predicted octanol–water partition coefficient (Wildman–Crippen LogP) is 5.13. The molecule has 1 aliphatic rings. The fourth-order valence-electron chi connectivity index (χ4n) is 3.88. The number of hydrogen-bond donors (Lipinski definition) is 2. The highest BCUT2D eigenvalue weighted by Gasteiger charge is 2.17. The van der Waals surface area contributed by atoms with Gasteiger partial charge in [-0.1, -0.05) is 18.0 Å². The Morgan fingerprint density at radius 3 is 2.82 bits per heavy atom. The number of aromatic nitrogens is 3. The molecule has 1 aromatic carbocycles. The second-order valence-electron chi connectivity index (χ2n) is 8.30. The van der Waals surface area contributed by atoms with E-state index in [2.05, 4.69) is 25.6 Å². The highest BCUT2D eigenvalue weighted by atomic mass is 35.5. The molecule has 0 bridgehead atoms. The summed E-state index contributed by atoms with van der Waals surface area (Å²) in [6.45, 7) is 5.67. The van der Waals surface area contributed by atoms with Crippen LogP contribution in [0.25, 0.3) is 10.9 Å². The van der Waals surface area contributed by atoms with Crippen molar-refractivity contribution in [1.29, 1.82) is 0 Å². The van der Waals surface area contributed by atoms with E-state index >= 15 is 0 Å². The van der Waals surface area contributed by atoms with Crippen molar-refractivity contribution in [2.24, 2.45) is 0 Å². The van der Waals surface area contributed by atoms with Crippen molar-refractivity contribution < 1.29 is 14.2 Å². The first kappa shape index (κ1) is 23.3. The van der Waals surface area contributed by atoms with Crippen LogP contribution < -0.4 is 24.8 Å². The van der Waals surface area contributed by atoms with Gasteiger partial charge in [-0.05, 0) is 45.7 Å². The van der Waals surface area contributed by atoms with Crippen LogP contribution in [0, 0.1) is 0 Å². The first-order valence-electron chi connectivity index (χ1n) is 11.3. The number of nitrogens with zero attached hydrogens (tertiary/aromatic N) is 3. The molecule has 3 aromatic rings. The van der Waals surface area contributed by atoms with Crippen LogP contribution in [0.1, 0.15) is 39.5 Å². The number of piperidine rings is 1. The van der Waals surface area contributed by atoms with Gasteiger partial charge in [0.15, 0.2) is 5.82 Å². The first-order valence-corrected chi connectivity index (χ1v) is 11.7. The first-order chi connectivity index (χ1) is 16.0. The van der Waals surface area contributed by atoms with Gasteiger partial charge in [0.2, 0.25) is 5.88 Å². The molecule has 1 aliphatic heterocycles. The van der Waals surface area contributed by atoms with E-state index in [9.17, 15) is 0 Å². The second-order valence-corrected chi connectivity index (χ2v) is 8.70. The van der Waals surface area contributed by atoms with Crippen LogP contribution in [0.5, 0.6) is 17.4 Å². The summed E-state index contributed by atoms with van der Waals surface area (Å²) in [5.41, 5.74) is 0.704. The lowest BCUT2D eigenvalue weighted by Crippen LogP contribution is -2.35. The molecular weight excluding hydrogens is 442 g/mol. The quantitative estimate of drug-likeness (QED) is 0.444. The highest BCUT2D eigenvalue weighted by molar-refractivity contribution is 6.33. The number of fused-ring (bicyclic) bond motifs is 1. The molecule has 3 heterocycles. The standard InChI is InChI=1S/C24H30ClN5O3/c1-15(2)33-20-13-17(32-11-9-16-6-4-5-10-26-16)12-19-22(20)24(28-14-27-19)30-23-18(25)7-8-21(29-23)31-3/h7-8,12-16,26H,4-6,9-11H2,1-3H3,(H,27,28,29,30). The zero-order valence-corrected chi connectivity index (χ0v) is 20.0. The van der Waals surface area contributed by atoms with Crippen molar-refractivity contribution in [2.45, 2.75) is 51.7 Å². The average Bonchev–Trinajstić information content (AvgIpc) is 2.81. The Bertz CT molecular complexity index is 1090. The molecule has 0 radical (unpaired) electrons. The number of pyridine rings is 1. The number of hydrogen-bond acceptors (Lipinski definition) is 8. The van der Waals surface area contributed by atoms with Crippen LogP contribution >= 0.6 is 11.6 Å². The largest absolute Gasteiger partial charge is 0.493 e. The van der Waals surface area contributed by atoms with Gasteiger partial charge < -0.3 is 24.8 Å². The SMILES string of the molecule is COc1ccc(Cl)c(Nc2ncnc3cc(OCCC4CCCCN4)cc(OC(C)C)c23)n1. The molecule has 33 heavy (non-hydrogen) atoms. The van der Waals surface area contributed by atoms with Gasteiger partial charge in [-0.3, -0.25) is 0 Å². The van der Waals surface area contributed by atoms with Crippen LogP contribution in [0.2, 0.25) is 5.02 Å². The van der Waals surface area contributed by atoms with Gasteiger partial charge in [-0.15, -0.1) is 0 Å². The molecule has 176 valence electrons. The van der Waals surface area contributed by atoms with E-state index in [1.165, 1.54) is 25.6 Å². The van der Waals surface area contributed by atoms with E-state index in [-0.39, 0.29) is 6.10 Å². The minimum Gasteiger partial charge on any atom is -0.493 e. The molecule has 2 aromatic heterocycles. The lowest BCUT2D eigenvalue weighted by Gasteiger charge is -2.23. The summed E-state index contributed by atoms with van der Waals surface area (Å²) < 4.78 is 17.4. The van der Waals surface area contributed by atoms with Crippen LogP contribution in [0.15, 0.2) is 30.6 Å². The van der Waals surface area contributed by atoms with E-state index < -0.39 is 0 Å². The van der Waals surface area contributed by atoms with E-state index in [4.69, 9.17) is 25.8 Å². The monoisotopic (exact) mass is 471 g/mol. The number of methoxy groups -OCH3 is 1. The Morgan fingerprint density at radius 2 is 2.06 bits per heavy atom. The summed E-state index contributed by atoms with van der Waals surface area (Å²) in [6.07, 6.45) is 6.15. The maximum Gasteiger partial charge on any atom is 0.214 e. The Morgan fingerprint density at radius 1 is 1.18 bits per heavy atom. The summed E-state index contributed by atoms with van der Waals surface area (Å²) in [6, 6.07) is 7.74. The van der Waals surface area contributed by atoms with Crippen molar-refractivity contribution in [1.82, 2.24) is 20.3 Å². The fourth-order valence-corrected chi connectivity index (χ4v) is 4.03. The molecule has 9 heteroatoms. The van der Waals surface area contributed by atoms with Gasteiger partial charge in [-0.2, -0.15) is 4.98 Å². The molecule has 0 aliphatic carbocycles. The molecule has 1 unspecified atom stereocenters. The lowest BCUT2D eigenvalue weighted by molar-refractivity contribution is 0.241. The molecule has 1 saturated heterocycles. The number of benzene rings is 1. The molecule has 0 amide bonds. The van der Waals surface area contributed by atoms with Gasteiger partial charge in [0.25, 0.3) is 0 Å². The average molecular weight is 472 g/mol. The lowest BCUT2D eigenvalue weighted by atomic mass is 10.0. The summed E-state index contributed by atoms with van der Waals surface area (Å²) in [5.74, 6) is 2.77. The Kier molecular flexibility index (Phi) is 7.67. The van der Waals surface area contributed by atoms with Crippen molar-refractivity contribution >= 4 is 34.1 Å². The van der Waals surface area contributed by atoms with E-state index in [1.54, 1.807) is 19.2 Å². The summed E-state index contributed by atoms with van der Waals surface area (Å²) in [5, 5.41) is 7.94. The minimum absolute atomic E-state index is 0.0403. The van der Waals surface area contributed by atoms with Gasteiger partial charge in [-0.25, -0.2) is 9.97 Å². The summed E-state index contributed by atoms with van der Waals surface area (Å²) in [4.78, 5) is 13.3. The third-order valence-electron chi connectivity index (χ3n) is 5.45. The molecule has 4 rings (SSSR count). The highest BCUT2D eigenvalue weighted by Crippen LogP contribution is 2.37. The summed E-state index contributed by atoms with van der Waals surface area (Å²) in [7, 11) is 1.56. The third kappa shape index (κ3) is 5.94. The van der Waals surface area contributed by atoms with Crippen LogP contribution in [-0.2, 0) is 0 Å². The second kappa shape index (κ2) is 10.9. The molecular formula is C24H30ClN5O3. The maximum atomic E-state index is 6.34. The van der Waals surface area contributed by atoms with E-state index in [0.29, 0.717) is 46.5 Å². The normalized spacial score (nSPS) is 16.1. The molecule has 0 spiro atoms. The smallest absolute Gasteiger partial charge is 0.214 e. The molecule has 1 atom stereocenters. The molecule has 2 N–H and O–H groups in total. The maximum absolute atomic E-state index is 6.34. The van der Waals surface area contributed by atoms with Crippen molar-refractivity contribution in [3.05, 3.63) is 35.6 Å². The Balaban J connectivity index is 1.62. The van der Waals surface area contributed by atoms with Crippen molar-refractivity contribution in [3.63, 3.8) is 0 Å². The van der Waals surface area contributed by atoms with Crippen LogP contribution in [0.3, 0.4) is 0 Å². The predicted molar refractivity (Wildman–Crippen MR) is 130 cm³/mol. The topological polar surface area (TPSA) is 90.4 Å². The number of anilines is 2. The Labute approximate surface area is 199 Å². The number of rotatable bonds is 9. The van der Waals surface area contributed by atoms with Gasteiger partial charge in [0.1, 0.15) is 23.6 Å². The van der Waals surface area contributed by atoms with Crippen molar-refractivity contribution in [3.8, 4) is 17.4 Å². The van der Waals surface area contributed by atoms with Crippen LogP contribution in [0.4, 0.5) is 11.6 Å². The van der Waals surface area contributed by atoms with Gasteiger partial charge >= 0.3 is 0 Å². The summed E-state index contributed by atoms with van der Waals surface area (Å²) >= 11 is 6.34. The minimum atomic E-state index is -0.0403. The zero-order valence-electron chi connectivity index (χ0n) is 19.2. The number of halogens is 1. The number of ether oxygens (including phenoxy) is 3. The van der Waals surface area contributed by atoms with Gasteiger partial charge in [0.05, 0.1) is 35.7 Å². The molecule has 1 fully saturated rings. The van der Waals surface area contributed by atoms with E-state index in [0.717, 1.165) is 24.1 Å². The van der Waals surface area contributed by atoms with Crippen molar-refractivity contribution in [2.75, 3.05) is 25.6 Å². The fraction of sp³-hybridized carbons (Fsp3) is 0.458. The zero-order chi connectivity index (χ0) is 23.2. The number of nitrogens with one attached hydrogen (secondary N) is 2. The van der Waals surface area contributed by atoms with E-state index in [1.807, 2.05) is 26.0 Å².